The summed E-state index contributed by atoms with van der Waals surface area (Å²) in [7, 11) is -2.12. The number of aryl methyl sites for hydroxylation is 1. The van der Waals surface area contributed by atoms with Crippen LogP contribution >= 0.6 is 0 Å². The molecule has 0 unspecified atom stereocenters. The Bertz CT molecular complexity index is 615. The number of aromatic carboxylic acids is 1. The third-order valence-electron chi connectivity index (χ3n) is 3.64. The highest BCUT2D eigenvalue weighted by Gasteiger charge is 2.31. The van der Waals surface area contributed by atoms with E-state index in [0.29, 0.717) is 32.5 Å². The molecular weight excluding hydrogens is 296 g/mol. The van der Waals surface area contributed by atoms with Crippen molar-refractivity contribution in [2.24, 2.45) is 7.05 Å². The second-order valence-electron chi connectivity index (χ2n) is 5.04. The molecule has 1 aromatic rings. The number of aromatic nitrogens is 1. The van der Waals surface area contributed by atoms with Crippen molar-refractivity contribution in [1.82, 2.24) is 8.87 Å². The van der Waals surface area contributed by atoms with Crippen LogP contribution in [0, 0.1) is 0 Å². The van der Waals surface area contributed by atoms with E-state index in [2.05, 4.69) is 0 Å². The minimum Gasteiger partial charge on any atom is -0.477 e. The molecule has 0 bridgehead atoms. The van der Waals surface area contributed by atoms with Gasteiger partial charge in [-0.05, 0) is 25.8 Å². The van der Waals surface area contributed by atoms with Crippen LogP contribution in [0.1, 0.15) is 30.3 Å². The van der Waals surface area contributed by atoms with Crippen molar-refractivity contribution in [3.63, 3.8) is 0 Å². The monoisotopic (exact) mass is 316 g/mol. The predicted molar refractivity (Wildman–Crippen MR) is 75.8 cm³/mol. The van der Waals surface area contributed by atoms with Crippen molar-refractivity contribution in [2.75, 3.05) is 19.7 Å². The van der Waals surface area contributed by atoms with Crippen LogP contribution < -0.4 is 0 Å². The maximum absolute atomic E-state index is 12.5. The summed E-state index contributed by atoms with van der Waals surface area (Å²) in [6.07, 6.45) is 2.76. The Labute approximate surface area is 124 Å². The Morgan fingerprint density at radius 3 is 2.52 bits per heavy atom. The molecule has 0 aliphatic carbocycles. The van der Waals surface area contributed by atoms with Crippen LogP contribution in [-0.4, -0.2) is 54.2 Å². The van der Waals surface area contributed by atoms with Gasteiger partial charge in [0.2, 0.25) is 10.0 Å². The van der Waals surface area contributed by atoms with E-state index in [9.17, 15) is 13.2 Å². The minimum absolute atomic E-state index is 0.0252. The molecule has 0 spiro atoms. The number of sulfonamides is 1. The smallest absolute Gasteiger partial charge is 0.352 e. The van der Waals surface area contributed by atoms with Crippen LogP contribution in [0.15, 0.2) is 17.2 Å². The second kappa shape index (κ2) is 6.17. The molecule has 1 fully saturated rings. The zero-order chi connectivity index (χ0) is 15.6. The van der Waals surface area contributed by atoms with Crippen molar-refractivity contribution < 1.29 is 23.1 Å². The lowest BCUT2D eigenvalue weighted by Crippen LogP contribution is -2.40. The van der Waals surface area contributed by atoms with Crippen LogP contribution in [0.2, 0.25) is 0 Å². The van der Waals surface area contributed by atoms with Gasteiger partial charge in [0, 0.05) is 32.9 Å². The van der Waals surface area contributed by atoms with E-state index < -0.39 is 16.0 Å². The van der Waals surface area contributed by atoms with Gasteiger partial charge in [-0.3, -0.25) is 0 Å². The first-order valence-electron chi connectivity index (χ1n) is 6.87. The van der Waals surface area contributed by atoms with Crippen LogP contribution in [0.3, 0.4) is 0 Å². The fourth-order valence-corrected chi connectivity index (χ4v) is 4.05. The van der Waals surface area contributed by atoms with Gasteiger partial charge in [-0.25, -0.2) is 13.2 Å². The van der Waals surface area contributed by atoms with Gasteiger partial charge < -0.3 is 14.4 Å². The standard InChI is InChI=1S/C13H20N2O5S/c1-3-20-10-4-6-15(7-5-10)21(18,19)11-8-12(13(16)17)14(2)9-11/h8-10H,3-7H2,1-2H3,(H,16,17). The molecule has 1 saturated heterocycles. The summed E-state index contributed by atoms with van der Waals surface area (Å²) in [4.78, 5) is 11.0. The molecule has 7 nitrogen and oxygen atoms in total. The molecule has 8 heteroatoms. The van der Waals surface area contributed by atoms with Crippen molar-refractivity contribution in [2.45, 2.75) is 30.8 Å². The summed E-state index contributed by atoms with van der Waals surface area (Å²) in [6.45, 7) is 3.33. The number of carbonyl (C=O) groups is 1. The predicted octanol–water partition coefficient (Wildman–Crippen LogP) is 0.913. The Morgan fingerprint density at radius 1 is 1.43 bits per heavy atom. The topological polar surface area (TPSA) is 88.8 Å². The van der Waals surface area contributed by atoms with E-state index in [4.69, 9.17) is 9.84 Å². The quantitative estimate of drug-likeness (QED) is 0.872. The SMILES string of the molecule is CCOC1CCN(S(=O)(=O)c2cc(C(=O)O)n(C)c2)CC1. The molecule has 0 radical (unpaired) electrons. The maximum atomic E-state index is 12.5. The highest BCUT2D eigenvalue weighted by atomic mass is 32.2. The zero-order valence-corrected chi connectivity index (χ0v) is 13.0. The van der Waals surface area contributed by atoms with Crippen LogP contribution in [0.25, 0.3) is 0 Å². The maximum Gasteiger partial charge on any atom is 0.352 e. The molecule has 2 heterocycles. The molecule has 0 atom stereocenters. The number of ether oxygens (including phenoxy) is 1. The largest absolute Gasteiger partial charge is 0.477 e. The van der Waals surface area contributed by atoms with E-state index in [1.54, 1.807) is 0 Å². The van der Waals surface area contributed by atoms with Crippen molar-refractivity contribution >= 4 is 16.0 Å². The van der Waals surface area contributed by atoms with Gasteiger partial charge in [-0.2, -0.15) is 4.31 Å². The van der Waals surface area contributed by atoms with Gasteiger partial charge >= 0.3 is 5.97 Å². The normalized spacial score (nSPS) is 18.0. The molecule has 21 heavy (non-hydrogen) atoms. The van der Waals surface area contributed by atoms with Gasteiger partial charge in [-0.15, -0.1) is 0 Å². The summed E-state index contributed by atoms with van der Waals surface area (Å²) in [5, 5.41) is 9.00. The minimum atomic E-state index is -3.64. The molecule has 0 amide bonds. The second-order valence-corrected chi connectivity index (χ2v) is 6.97. The zero-order valence-electron chi connectivity index (χ0n) is 12.2. The molecule has 2 rings (SSSR count). The fraction of sp³-hybridized carbons (Fsp3) is 0.615. The third kappa shape index (κ3) is 3.28. The third-order valence-corrected chi connectivity index (χ3v) is 5.50. The van der Waals surface area contributed by atoms with Gasteiger partial charge in [0.15, 0.2) is 0 Å². The Morgan fingerprint density at radius 2 is 2.05 bits per heavy atom. The molecule has 1 aromatic heterocycles. The lowest BCUT2D eigenvalue weighted by atomic mass is 10.1. The summed E-state index contributed by atoms with van der Waals surface area (Å²) >= 11 is 0. The molecular formula is C13H20N2O5S. The van der Waals surface area contributed by atoms with Crippen molar-refractivity contribution in [3.8, 4) is 0 Å². The number of rotatable bonds is 5. The Kier molecular flexibility index (Phi) is 4.70. The number of carboxylic acids is 1. The number of hydrogen-bond donors (Lipinski definition) is 1. The summed E-state index contributed by atoms with van der Waals surface area (Å²) < 4.78 is 33.2. The van der Waals surface area contributed by atoms with Crippen LogP contribution in [0.5, 0.6) is 0 Å². The number of carboxylic acid groups (broad SMARTS) is 1. The van der Waals surface area contributed by atoms with E-state index in [1.807, 2.05) is 6.92 Å². The highest BCUT2D eigenvalue weighted by Crippen LogP contribution is 2.23. The average Bonchev–Trinajstić information content (AvgIpc) is 2.83. The Balaban J connectivity index is 2.16. The average molecular weight is 316 g/mol. The molecule has 0 aromatic carbocycles. The van der Waals surface area contributed by atoms with Crippen molar-refractivity contribution in [1.29, 1.82) is 0 Å². The first-order valence-corrected chi connectivity index (χ1v) is 8.31. The van der Waals surface area contributed by atoms with Crippen LogP contribution in [0.4, 0.5) is 0 Å². The summed E-state index contributed by atoms with van der Waals surface area (Å²) in [6, 6.07) is 1.20. The lowest BCUT2D eigenvalue weighted by molar-refractivity contribution is 0.0290. The number of nitrogens with zero attached hydrogens (tertiary/aromatic N) is 2. The van der Waals surface area contributed by atoms with Crippen LogP contribution in [-0.2, 0) is 21.8 Å². The van der Waals surface area contributed by atoms with E-state index in [-0.39, 0.29) is 16.7 Å². The van der Waals surface area contributed by atoms with Gasteiger partial charge in [0.1, 0.15) is 10.6 Å². The highest BCUT2D eigenvalue weighted by molar-refractivity contribution is 7.89. The number of hydrogen-bond acceptors (Lipinski definition) is 4. The summed E-state index contributed by atoms with van der Waals surface area (Å²) in [5.74, 6) is -1.14. The van der Waals surface area contributed by atoms with E-state index >= 15 is 0 Å². The molecule has 0 saturated carbocycles. The molecule has 1 aliphatic rings. The van der Waals surface area contributed by atoms with Crippen molar-refractivity contribution in [3.05, 3.63) is 18.0 Å². The number of piperidine rings is 1. The first-order chi connectivity index (χ1) is 9.86. The Hall–Kier alpha value is -1.38. The van der Waals surface area contributed by atoms with E-state index in [1.165, 1.54) is 28.2 Å². The molecule has 1 aliphatic heterocycles. The summed E-state index contributed by atoms with van der Waals surface area (Å²) in [5.41, 5.74) is -0.0437. The molecule has 1 N–H and O–H groups in total. The van der Waals surface area contributed by atoms with E-state index in [0.717, 1.165) is 0 Å². The molecule has 118 valence electrons. The first kappa shape index (κ1) is 16.0. The fourth-order valence-electron chi connectivity index (χ4n) is 2.51. The van der Waals surface area contributed by atoms with Gasteiger partial charge in [0.25, 0.3) is 0 Å². The van der Waals surface area contributed by atoms with Gasteiger partial charge in [0.05, 0.1) is 6.10 Å². The van der Waals surface area contributed by atoms with Gasteiger partial charge in [-0.1, -0.05) is 0 Å². The lowest BCUT2D eigenvalue weighted by Gasteiger charge is -2.30.